The first-order chi connectivity index (χ1) is 8.66. The lowest BCUT2D eigenvalue weighted by Gasteiger charge is -2.22. The summed E-state index contributed by atoms with van der Waals surface area (Å²) in [6, 6.07) is 6.54. The summed E-state index contributed by atoms with van der Waals surface area (Å²) in [7, 11) is 0. The number of benzene rings is 1. The number of hydrogen-bond donors (Lipinski definition) is 1. The molecule has 1 N–H and O–H groups in total. The molecule has 1 aliphatic heterocycles. The molecule has 5 heteroatoms. The molecular formula is C13H15BrN4. The predicted octanol–water partition coefficient (Wildman–Crippen LogP) is 2.68. The molecule has 2 aromatic rings. The number of nitrogens with one attached hydrogen (secondary N) is 1. The van der Waals surface area contributed by atoms with E-state index in [1.165, 1.54) is 5.56 Å². The van der Waals surface area contributed by atoms with E-state index in [0.717, 1.165) is 34.8 Å². The Kier molecular flexibility index (Phi) is 2.95. The fraction of sp³-hybridized carbons (Fsp3) is 0.385. The van der Waals surface area contributed by atoms with E-state index in [9.17, 15) is 0 Å². The van der Waals surface area contributed by atoms with Crippen molar-refractivity contribution in [3.05, 3.63) is 34.1 Å². The van der Waals surface area contributed by atoms with Crippen LogP contribution in [0.5, 0.6) is 0 Å². The Balaban J connectivity index is 2.15. The molecule has 0 saturated carbocycles. The highest BCUT2D eigenvalue weighted by atomic mass is 79.9. The Hall–Kier alpha value is -1.20. The van der Waals surface area contributed by atoms with E-state index in [-0.39, 0.29) is 6.04 Å². The molecule has 0 bridgehead atoms. The third-order valence-electron chi connectivity index (χ3n) is 3.39. The second-order valence-electron chi connectivity index (χ2n) is 4.67. The number of nitrogens with zero attached hydrogens (tertiary/aromatic N) is 3. The fourth-order valence-corrected chi connectivity index (χ4v) is 2.74. The number of aromatic nitrogens is 3. The Morgan fingerprint density at radius 2 is 2.22 bits per heavy atom. The van der Waals surface area contributed by atoms with Crippen molar-refractivity contribution in [3.8, 4) is 11.4 Å². The molecule has 0 radical (unpaired) electrons. The predicted molar refractivity (Wildman–Crippen MR) is 74.3 cm³/mol. The number of halogens is 1. The SMILES string of the molecule is Cc1ccc(Br)cc1-c1nnc2n1CCNC2C. The van der Waals surface area contributed by atoms with Crippen LogP contribution in [-0.2, 0) is 6.54 Å². The lowest BCUT2D eigenvalue weighted by molar-refractivity contribution is 0.439. The molecule has 0 fully saturated rings. The molecule has 0 aliphatic carbocycles. The first-order valence-electron chi connectivity index (χ1n) is 6.10. The maximum absolute atomic E-state index is 4.37. The molecule has 94 valence electrons. The van der Waals surface area contributed by atoms with Crippen LogP contribution >= 0.6 is 15.9 Å². The van der Waals surface area contributed by atoms with Crippen molar-refractivity contribution in [1.82, 2.24) is 20.1 Å². The maximum atomic E-state index is 4.37. The van der Waals surface area contributed by atoms with Crippen LogP contribution in [0.1, 0.15) is 24.4 Å². The monoisotopic (exact) mass is 306 g/mol. The lowest BCUT2D eigenvalue weighted by Crippen LogP contribution is -2.32. The molecule has 18 heavy (non-hydrogen) atoms. The van der Waals surface area contributed by atoms with Crippen molar-refractivity contribution in [1.29, 1.82) is 0 Å². The van der Waals surface area contributed by atoms with E-state index >= 15 is 0 Å². The second-order valence-corrected chi connectivity index (χ2v) is 5.58. The van der Waals surface area contributed by atoms with Gasteiger partial charge >= 0.3 is 0 Å². The molecule has 1 aliphatic rings. The van der Waals surface area contributed by atoms with Gasteiger partial charge < -0.3 is 9.88 Å². The van der Waals surface area contributed by atoms with Crippen molar-refractivity contribution in [2.24, 2.45) is 0 Å². The summed E-state index contributed by atoms with van der Waals surface area (Å²) in [4.78, 5) is 0. The Morgan fingerprint density at radius 3 is 3.06 bits per heavy atom. The zero-order valence-corrected chi connectivity index (χ0v) is 12.0. The van der Waals surface area contributed by atoms with Crippen LogP contribution in [0.15, 0.2) is 22.7 Å². The van der Waals surface area contributed by atoms with Gasteiger partial charge in [-0.2, -0.15) is 0 Å². The molecule has 3 rings (SSSR count). The van der Waals surface area contributed by atoms with Gasteiger partial charge in [0.25, 0.3) is 0 Å². The summed E-state index contributed by atoms with van der Waals surface area (Å²) in [6.07, 6.45) is 0. The van der Waals surface area contributed by atoms with Gasteiger partial charge in [-0.1, -0.05) is 22.0 Å². The topological polar surface area (TPSA) is 42.7 Å². The molecule has 1 atom stereocenters. The Morgan fingerprint density at radius 1 is 1.39 bits per heavy atom. The number of rotatable bonds is 1. The quantitative estimate of drug-likeness (QED) is 0.881. The fourth-order valence-electron chi connectivity index (χ4n) is 2.37. The van der Waals surface area contributed by atoms with E-state index in [1.54, 1.807) is 0 Å². The van der Waals surface area contributed by atoms with E-state index in [2.05, 4.69) is 68.1 Å². The molecule has 1 aromatic heterocycles. The van der Waals surface area contributed by atoms with Crippen LogP contribution < -0.4 is 5.32 Å². The van der Waals surface area contributed by atoms with Gasteiger partial charge in [0.1, 0.15) is 5.82 Å². The first-order valence-corrected chi connectivity index (χ1v) is 6.89. The maximum Gasteiger partial charge on any atom is 0.164 e. The molecule has 2 heterocycles. The van der Waals surface area contributed by atoms with Crippen LogP contribution in [-0.4, -0.2) is 21.3 Å². The summed E-state index contributed by atoms with van der Waals surface area (Å²) in [5, 5.41) is 12.1. The third-order valence-corrected chi connectivity index (χ3v) is 3.89. The molecule has 1 aromatic carbocycles. The molecule has 1 unspecified atom stereocenters. The van der Waals surface area contributed by atoms with Crippen molar-refractivity contribution >= 4 is 15.9 Å². The van der Waals surface area contributed by atoms with E-state index in [1.807, 2.05) is 0 Å². The molecule has 4 nitrogen and oxygen atoms in total. The van der Waals surface area contributed by atoms with Gasteiger partial charge in [-0.15, -0.1) is 10.2 Å². The first kappa shape index (κ1) is 11.9. The number of hydrogen-bond acceptors (Lipinski definition) is 3. The van der Waals surface area contributed by atoms with Gasteiger partial charge in [-0.25, -0.2) is 0 Å². The highest BCUT2D eigenvalue weighted by Gasteiger charge is 2.22. The normalized spacial score (nSPS) is 18.7. The van der Waals surface area contributed by atoms with Crippen molar-refractivity contribution in [2.45, 2.75) is 26.4 Å². The number of aryl methyl sites for hydroxylation is 1. The van der Waals surface area contributed by atoms with Gasteiger partial charge in [0, 0.05) is 23.1 Å². The van der Waals surface area contributed by atoms with E-state index in [0.29, 0.717) is 0 Å². The summed E-state index contributed by atoms with van der Waals surface area (Å²) in [5.74, 6) is 1.99. The van der Waals surface area contributed by atoms with Crippen LogP contribution in [0.2, 0.25) is 0 Å². The second kappa shape index (κ2) is 4.48. The third kappa shape index (κ3) is 1.87. The Bertz CT molecular complexity index is 591. The smallest absolute Gasteiger partial charge is 0.164 e. The average Bonchev–Trinajstić information content (AvgIpc) is 2.77. The molecule has 0 saturated heterocycles. The van der Waals surface area contributed by atoms with Crippen LogP contribution in [0.3, 0.4) is 0 Å². The average molecular weight is 307 g/mol. The van der Waals surface area contributed by atoms with Gasteiger partial charge in [-0.3, -0.25) is 0 Å². The van der Waals surface area contributed by atoms with E-state index < -0.39 is 0 Å². The molecule has 0 spiro atoms. The van der Waals surface area contributed by atoms with Gasteiger partial charge in [-0.05, 0) is 31.5 Å². The minimum Gasteiger partial charge on any atom is -0.308 e. The lowest BCUT2D eigenvalue weighted by atomic mass is 10.1. The number of fused-ring (bicyclic) bond motifs is 1. The molecular weight excluding hydrogens is 292 g/mol. The standard InChI is InChI=1S/C13H15BrN4/c1-8-3-4-10(14)7-11(8)13-17-16-12-9(2)15-5-6-18(12)13/h3-4,7,9,15H,5-6H2,1-2H3. The van der Waals surface area contributed by atoms with Crippen molar-refractivity contribution in [2.75, 3.05) is 6.54 Å². The van der Waals surface area contributed by atoms with Crippen molar-refractivity contribution in [3.63, 3.8) is 0 Å². The van der Waals surface area contributed by atoms with Gasteiger partial charge in [0.05, 0.1) is 6.04 Å². The van der Waals surface area contributed by atoms with Crippen LogP contribution in [0.25, 0.3) is 11.4 Å². The molecule has 0 amide bonds. The zero-order valence-electron chi connectivity index (χ0n) is 10.4. The minimum absolute atomic E-state index is 0.271. The summed E-state index contributed by atoms with van der Waals surface area (Å²) >= 11 is 3.52. The Labute approximate surface area is 115 Å². The summed E-state index contributed by atoms with van der Waals surface area (Å²) in [6.45, 7) is 6.12. The largest absolute Gasteiger partial charge is 0.308 e. The van der Waals surface area contributed by atoms with Crippen LogP contribution in [0, 0.1) is 6.92 Å². The highest BCUT2D eigenvalue weighted by Crippen LogP contribution is 2.28. The van der Waals surface area contributed by atoms with Gasteiger partial charge in [0.2, 0.25) is 0 Å². The summed E-state index contributed by atoms with van der Waals surface area (Å²) in [5.41, 5.74) is 2.37. The highest BCUT2D eigenvalue weighted by molar-refractivity contribution is 9.10. The summed E-state index contributed by atoms with van der Waals surface area (Å²) < 4.78 is 3.29. The zero-order chi connectivity index (χ0) is 12.7. The van der Waals surface area contributed by atoms with E-state index in [4.69, 9.17) is 0 Å². The van der Waals surface area contributed by atoms with Crippen LogP contribution in [0.4, 0.5) is 0 Å². The van der Waals surface area contributed by atoms with Gasteiger partial charge in [0.15, 0.2) is 5.82 Å². The minimum atomic E-state index is 0.271. The van der Waals surface area contributed by atoms with Crippen molar-refractivity contribution < 1.29 is 0 Å².